The van der Waals surface area contributed by atoms with Gasteiger partial charge in [-0.15, -0.1) is 11.8 Å². The van der Waals surface area contributed by atoms with E-state index < -0.39 is 0 Å². The van der Waals surface area contributed by atoms with E-state index in [9.17, 15) is 9.59 Å². The number of thioether (sulfide) groups is 1. The first-order valence-electron chi connectivity index (χ1n) is 10.0. The first-order valence-corrected chi connectivity index (χ1v) is 11.0. The van der Waals surface area contributed by atoms with Gasteiger partial charge >= 0.3 is 0 Å². The summed E-state index contributed by atoms with van der Waals surface area (Å²) in [7, 11) is 0. The zero-order chi connectivity index (χ0) is 20.1. The number of hydrogen-bond donors (Lipinski definition) is 1. The summed E-state index contributed by atoms with van der Waals surface area (Å²) in [4.78, 5) is 38.7. The van der Waals surface area contributed by atoms with Crippen molar-refractivity contribution in [1.29, 1.82) is 0 Å². The molecular weight excluding hydrogens is 386 g/mol. The Balaban J connectivity index is 1.22. The van der Waals surface area contributed by atoms with Crippen LogP contribution in [-0.4, -0.2) is 53.2 Å². The normalized spacial score (nSPS) is 17.0. The lowest BCUT2D eigenvalue weighted by Gasteiger charge is -2.32. The molecule has 1 saturated heterocycles. The Morgan fingerprint density at radius 2 is 1.79 bits per heavy atom. The lowest BCUT2D eigenvalue weighted by atomic mass is 10.0. The van der Waals surface area contributed by atoms with Gasteiger partial charge in [-0.25, -0.2) is 9.97 Å². The van der Waals surface area contributed by atoms with Crippen LogP contribution in [0.4, 0.5) is 11.6 Å². The molecule has 3 heterocycles. The van der Waals surface area contributed by atoms with E-state index in [1.807, 2.05) is 29.2 Å². The average Bonchev–Trinajstić information content (AvgIpc) is 2.78. The lowest BCUT2D eigenvalue weighted by molar-refractivity contribution is -0.125. The Labute approximate surface area is 174 Å². The third kappa shape index (κ3) is 4.87. The largest absolute Gasteiger partial charge is 0.353 e. The molecule has 1 N–H and O–H groups in total. The van der Waals surface area contributed by atoms with E-state index in [0.29, 0.717) is 6.54 Å². The van der Waals surface area contributed by atoms with Gasteiger partial charge in [-0.3, -0.25) is 9.59 Å². The number of benzene rings is 1. The third-order valence-electron chi connectivity index (χ3n) is 5.29. The average molecular weight is 412 g/mol. The summed E-state index contributed by atoms with van der Waals surface area (Å²) in [6.07, 6.45) is 5.66. The molecule has 2 aliphatic heterocycles. The molecule has 0 bridgehead atoms. The van der Waals surface area contributed by atoms with E-state index in [1.54, 1.807) is 30.2 Å². The number of anilines is 2. The first-order chi connectivity index (χ1) is 14.2. The van der Waals surface area contributed by atoms with E-state index in [0.717, 1.165) is 48.2 Å². The van der Waals surface area contributed by atoms with E-state index in [-0.39, 0.29) is 30.7 Å². The maximum absolute atomic E-state index is 12.7. The minimum absolute atomic E-state index is 0.0175. The summed E-state index contributed by atoms with van der Waals surface area (Å²) in [5, 5.41) is 3.09. The highest BCUT2D eigenvalue weighted by atomic mass is 32.2. The Hall–Kier alpha value is -2.61. The molecule has 2 aliphatic rings. The summed E-state index contributed by atoms with van der Waals surface area (Å²) < 4.78 is 0. The molecule has 7 nitrogen and oxygen atoms in total. The molecule has 1 fully saturated rings. The van der Waals surface area contributed by atoms with Crippen LogP contribution in [0.1, 0.15) is 25.7 Å². The molecule has 152 valence electrons. The van der Waals surface area contributed by atoms with Crippen LogP contribution in [-0.2, 0) is 9.59 Å². The molecule has 2 amide bonds. The van der Waals surface area contributed by atoms with Gasteiger partial charge < -0.3 is 15.1 Å². The van der Waals surface area contributed by atoms with Gasteiger partial charge in [-0.1, -0.05) is 12.1 Å². The minimum atomic E-state index is -0.0487. The summed E-state index contributed by atoms with van der Waals surface area (Å²) in [6.45, 7) is 2.33. The van der Waals surface area contributed by atoms with Crippen LogP contribution in [0.15, 0.2) is 47.6 Å². The number of nitrogens with one attached hydrogen (secondary N) is 1. The van der Waals surface area contributed by atoms with Crippen molar-refractivity contribution in [3.8, 4) is 0 Å². The quantitative estimate of drug-likeness (QED) is 0.814. The monoisotopic (exact) mass is 411 g/mol. The van der Waals surface area contributed by atoms with Crippen LogP contribution < -0.4 is 15.1 Å². The second-order valence-electron chi connectivity index (χ2n) is 7.24. The van der Waals surface area contributed by atoms with Gasteiger partial charge in [0.1, 0.15) is 0 Å². The van der Waals surface area contributed by atoms with Crippen LogP contribution in [0.25, 0.3) is 0 Å². The molecule has 0 saturated carbocycles. The number of rotatable bonds is 5. The van der Waals surface area contributed by atoms with E-state index in [2.05, 4.69) is 20.2 Å². The van der Waals surface area contributed by atoms with Crippen molar-refractivity contribution >= 4 is 35.2 Å². The van der Waals surface area contributed by atoms with Gasteiger partial charge in [0.15, 0.2) is 0 Å². The number of hydrogen-bond acceptors (Lipinski definition) is 6. The van der Waals surface area contributed by atoms with Crippen molar-refractivity contribution in [2.45, 2.75) is 36.6 Å². The number of nitrogens with zero attached hydrogens (tertiary/aromatic N) is 4. The van der Waals surface area contributed by atoms with Crippen LogP contribution >= 0.6 is 11.8 Å². The smallest absolute Gasteiger partial charge is 0.227 e. The Kier molecular flexibility index (Phi) is 6.29. The topological polar surface area (TPSA) is 78.4 Å². The summed E-state index contributed by atoms with van der Waals surface area (Å²) in [6, 6.07) is 9.90. The number of para-hydroxylation sites is 1. The van der Waals surface area contributed by atoms with E-state index in [1.165, 1.54) is 0 Å². The molecule has 1 aromatic heterocycles. The molecule has 2 aromatic rings. The maximum Gasteiger partial charge on any atom is 0.227 e. The predicted octanol–water partition coefficient (Wildman–Crippen LogP) is 2.48. The molecule has 29 heavy (non-hydrogen) atoms. The lowest BCUT2D eigenvalue weighted by Crippen LogP contribution is -2.45. The first kappa shape index (κ1) is 19.7. The molecule has 4 rings (SSSR count). The van der Waals surface area contributed by atoms with E-state index >= 15 is 0 Å². The van der Waals surface area contributed by atoms with Gasteiger partial charge in [-0.2, -0.15) is 0 Å². The van der Waals surface area contributed by atoms with Crippen molar-refractivity contribution in [3.05, 3.63) is 42.7 Å². The van der Waals surface area contributed by atoms with Crippen molar-refractivity contribution in [1.82, 2.24) is 15.3 Å². The fraction of sp³-hybridized carbons (Fsp3) is 0.429. The fourth-order valence-corrected chi connectivity index (χ4v) is 4.76. The second kappa shape index (κ2) is 9.26. The number of aromatic nitrogens is 2. The van der Waals surface area contributed by atoms with Gasteiger partial charge in [0.25, 0.3) is 0 Å². The zero-order valence-corrected chi connectivity index (χ0v) is 17.1. The minimum Gasteiger partial charge on any atom is -0.353 e. The highest BCUT2D eigenvalue weighted by Crippen LogP contribution is 2.34. The van der Waals surface area contributed by atoms with Crippen LogP contribution in [0.5, 0.6) is 0 Å². The Morgan fingerprint density at radius 3 is 2.59 bits per heavy atom. The molecular formula is C21H25N5O2S. The SMILES string of the molecule is O=C(CCC(=O)N1CCSc2ccccc21)NC1CCN(c2ncccn2)CC1. The molecule has 0 spiro atoms. The van der Waals surface area contributed by atoms with E-state index in [4.69, 9.17) is 0 Å². The van der Waals surface area contributed by atoms with Crippen molar-refractivity contribution in [2.24, 2.45) is 0 Å². The number of carbonyl (C=O) groups is 2. The number of piperidine rings is 1. The van der Waals surface area contributed by atoms with Gasteiger partial charge in [0.05, 0.1) is 5.69 Å². The molecule has 0 aliphatic carbocycles. The summed E-state index contributed by atoms with van der Waals surface area (Å²) in [5.41, 5.74) is 0.963. The number of carbonyl (C=O) groups excluding carboxylic acids is 2. The van der Waals surface area contributed by atoms with Gasteiger partial charge in [-0.05, 0) is 31.0 Å². The van der Waals surface area contributed by atoms with Crippen LogP contribution in [0, 0.1) is 0 Å². The molecule has 0 unspecified atom stereocenters. The third-order valence-corrected chi connectivity index (χ3v) is 6.33. The highest BCUT2D eigenvalue weighted by molar-refractivity contribution is 7.99. The van der Waals surface area contributed by atoms with Crippen LogP contribution in [0.2, 0.25) is 0 Å². The second-order valence-corrected chi connectivity index (χ2v) is 8.38. The summed E-state index contributed by atoms with van der Waals surface area (Å²) in [5.74, 6) is 1.60. The van der Waals surface area contributed by atoms with Crippen molar-refractivity contribution in [3.63, 3.8) is 0 Å². The Bertz CT molecular complexity index is 855. The van der Waals surface area contributed by atoms with Gasteiger partial charge in [0.2, 0.25) is 17.8 Å². The summed E-state index contributed by atoms with van der Waals surface area (Å²) >= 11 is 1.77. The molecule has 1 aromatic carbocycles. The van der Waals surface area contributed by atoms with Crippen LogP contribution in [0.3, 0.4) is 0 Å². The van der Waals surface area contributed by atoms with Crippen molar-refractivity contribution < 1.29 is 9.59 Å². The maximum atomic E-state index is 12.7. The standard InChI is InChI=1S/C21H25N5O2S/c27-19(24-16-8-12-25(13-9-16)21-22-10-3-11-23-21)6-7-20(28)26-14-15-29-18-5-2-1-4-17(18)26/h1-5,10-11,16H,6-9,12-15H2,(H,24,27). The van der Waals surface area contributed by atoms with Crippen molar-refractivity contribution in [2.75, 3.05) is 35.2 Å². The Morgan fingerprint density at radius 1 is 1.03 bits per heavy atom. The molecule has 8 heteroatoms. The zero-order valence-electron chi connectivity index (χ0n) is 16.3. The number of fused-ring (bicyclic) bond motifs is 1. The fourth-order valence-electron chi connectivity index (χ4n) is 3.76. The predicted molar refractivity (Wildman–Crippen MR) is 114 cm³/mol. The number of amides is 2. The van der Waals surface area contributed by atoms with Gasteiger partial charge in [0, 0.05) is 61.6 Å². The highest BCUT2D eigenvalue weighted by Gasteiger charge is 2.25. The molecule has 0 radical (unpaired) electrons. The molecule has 0 atom stereocenters.